The molecule has 19 heavy (non-hydrogen) atoms. The van der Waals surface area contributed by atoms with E-state index in [1.807, 2.05) is 35.9 Å². The van der Waals surface area contributed by atoms with Crippen molar-refractivity contribution < 1.29 is 9.21 Å². The quantitative estimate of drug-likeness (QED) is 0.684. The van der Waals surface area contributed by atoms with Gasteiger partial charge in [-0.3, -0.25) is 4.79 Å². The van der Waals surface area contributed by atoms with Crippen LogP contribution in [0.3, 0.4) is 0 Å². The molecule has 1 amide bonds. The lowest BCUT2D eigenvalue weighted by Crippen LogP contribution is -2.12. The van der Waals surface area contributed by atoms with Gasteiger partial charge in [0.05, 0.1) is 10.2 Å². The Morgan fingerprint density at radius 2 is 2.05 bits per heavy atom. The van der Waals surface area contributed by atoms with E-state index >= 15 is 0 Å². The maximum Gasteiger partial charge on any atom is 0.315 e. The first-order valence-electron chi connectivity index (χ1n) is 5.85. The van der Waals surface area contributed by atoms with Crippen LogP contribution in [0.4, 0.5) is 0 Å². The largest absolute Gasteiger partial charge is 0.456 e. The van der Waals surface area contributed by atoms with Crippen molar-refractivity contribution in [3.05, 3.63) is 52.7 Å². The highest BCUT2D eigenvalue weighted by Crippen LogP contribution is 2.15. The van der Waals surface area contributed by atoms with Crippen LogP contribution in [0.25, 0.3) is 10.2 Å². The highest BCUT2D eigenvalue weighted by atomic mass is 32.1. The molecule has 0 bridgehead atoms. The molecule has 0 aliphatic carbocycles. The average Bonchev–Trinajstić information content (AvgIpc) is 2.96. The predicted octanol–water partition coefficient (Wildman–Crippen LogP) is 2.88. The summed E-state index contributed by atoms with van der Waals surface area (Å²) in [4.78, 5) is 16.8. The van der Waals surface area contributed by atoms with Gasteiger partial charge in [-0.1, -0.05) is 23.5 Å². The number of aromatic nitrogens is 1. The van der Waals surface area contributed by atoms with Crippen molar-refractivity contribution in [2.75, 3.05) is 0 Å². The second kappa shape index (κ2) is 4.51. The molecule has 0 fully saturated rings. The molecule has 2 aromatic heterocycles. The van der Waals surface area contributed by atoms with Crippen LogP contribution < -0.4 is 4.80 Å². The zero-order valence-corrected chi connectivity index (χ0v) is 11.4. The highest BCUT2D eigenvalue weighted by molar-refractivity contribution is 7.16. The minimum Gasteiger partial charge on any atom is -0.456 e. The molecule has 4 nitrogen and oxygen atoms in total. The molecule has 0 radical (unpaired) electrons. The van der Waals surface area contributed by atoms with Gasteiger partial charge in [0.2, 0.25) is 0 Å². The number of rotatable bonds is 1. The number of nitrogens with zero attached hydrogens (tertiary/aromatic N) is 2. The van der Waals surface area contributed by atoms with Crippen molar-refractivity contribution >= 4 is 27.5 Å². The van der Waals surface area contributed by atoms with Crippen LogP contribution >= 0.6 is 11.3 Å². The van der Waals surface area contributed by atoms with E-state index in [0.29, 0.717) is 10.6 Å². The molecule has 96 valence electrons. The van der Waals surface area contributed by atoms with E-state index in [4.69, 9.17) is 4.42 Å². The summed E-state index contributed by atoms with van der Waals surface area (Å²) in [6.07, 6.45) is 0. The molecular formula is C14H12N2O2S. The molecule has 3 aromatic rings. The SMILES string of the molecule is Cc1ccc(C(=O)N=c2sc3ccccc3n2C)o1. The topological polar surface area (TPSA) is 47.5 Å². The molecule has 0 aliphatic heterocycles. The first kappa shape index (κ1) is 11.9. The van der Waals surface area contributed by atoms with Crippen molar-refractivity contribution in [1.29, 1.82) is 0 Å². The van der Waals surface area contributed by atoms with Crippen molar-refractivity contribution in [1.82, 2.24) is 4.57 Å². The van der Waals surface area contributed by atoms with Crippen LogP contribution in [0.2, 0.25) is 0 Å². The Kier molecular flexibility index (Phi) is 2.83. The Labute approximate surface area is 113 Å². The third-order valence-electron chi connectivity index (χ3n) is 2.86. The predicted molar refractivity (Wildman–Crippen MR) is 74.1 cm³/mol. The Morgan fingerprint density at radius 1 is 1.26 bits per heavy atom. The smallest absolute Gasteiger partial charge is 0.315 e. The first-order chi connectivity index (χ1) is 9.15. The molecular weight excluding hydrogens is 260 g/mol. The molecule has 0 atom stereocenters. The monoisotopic (exact) mass is 272 g/mol. The van der Waals surface area contributed by atoms with Gasteiger partial charge in [0, 0.05) is 7.05 Å². The lowest BCUT2D eigenvalue weighted by molar-refractivity contribution is 0.0970. The molecule has 0 aliphatic rings. The Bertz CT molecular complexity index is 823. The van der Waals surface area contributed by atoms with E-state index in [1.165, 1.54) is 11.3 Å². The molecule has 0 spiro atoms. The van der Waals surface area contributed by atoms with E-state index in [-0.39, 0.29) is 11.7 Å². The van der Waals surface area contributed by atoms with E-state index in [0.717, 1.165) is 10.2 Å². The standard InChI is InChI=1S/C14H12N2O2S/c1-9-7-8-11(18-9)13(17)15-14-16(2)10-5-3-4-6-12(10)19-14/h3-8H,1-2H3. The van der Waals surface area contributed by atoms with Crippen LogP contribution in [-0.2, 0) is 7.05 Å². The van der Waals surface area contributed by atoms with Gasteiger partial charge >= 0.3 is 5.91 Å². The van der Waals surface area contributed by atoms with E-state index < -0.39 is 0 Å². The number of thiazole rings is 1. The Hall–Kier alpha value is -2.14. The molecule has 0 N–H and O–H groups in total. The average molecular weight is 272 g/mol. The lowest BCUT2D eigenvalue weighted by atomic mass is 10.3. The van der Waals surface area contributed by atoms with Gasteiger partial charge in [0.1, 0.15) is 5.76 Å². The number of furan rings is 1. The molecule has 5 heteroatoms. The normalized spacial score (nSPS) is 12.2. The van der Waals surface area contributed by atoms with E-state index in [1.54, 1.807) is 19.1 Å². The molecule has 0 unspecified atom stereocenters. The third kappa shape index (κ3) is 2.13. The fraction of sp³-hybridized carbons (Fsp3) is 0.143. The summed E-state index contributed by atoms with van der Waals surface area (Å²) >= 11 is 1.49. The minimum absolute atomic E-state index is 0.273. The van der Waals surface area contributed by atoms with Crippen molar-refractivity contribution in [3.8, 4) is 0 Å². The van der Waals surface area contributed by atoms with Gasteiger partial charge in [-0.05, 0) is 31.2 Å². The highest BCUT2D eigenvalue weighted by Gasteiger charge is 2.10. The zero-order valence-electron chi connectivity index (χ0n) is 10.6. The van der Waals surface area contributed by atoms with Crippen molar-refractivity contribution in [2.24, 2.45) is 12.0 Å². The van der Waals surface area contributed by atoms with Gasteiger partial charge in [0.15, 0.2) is 10.6 Å². The minimum atomic E-state index is -0.352. The number of carbonyl (C=O) groups is 1. The van der Waals surface area contributed by atoms with Gasteiger partial charge in [-0.2, -0.15) is 4.99 Å². The summed E-state index contributed by atoms with van der Waals surface area (Å²) in [5, 5.41) is 0. The molecule has 0 saturated heterocycles. The maximum absolute atomic E-state index is 12.0. The number of fused-ring (bicyclic) bond motifs is 1. The number of carbonyl (C=O) groups excluding carboxylic acids is 1. The van der Waals surface area contributed by atoms with Gasteiger partial charge in [-0.15, -0.1) is 0 Å². The second-order valence-corrected chi connectivity index (χ2v) is 5.25. The molecule has 1 aromatic carbocycles. The zero-order chi connectivity index (χ0) is 13.4. The fourth-order valence-electron chi connectivity index (χ4n) is 1.88. The molecule has 2 heterocycles. The number of aryl methyl sites for hydroxylation is 2. The summed E-state index contributed by atoms with van der Waals surface area (Å²) in [5.74, 6) is 0.629. The summed E-state index contributed by atoms with van der Waals surface area (Å²) in [5.41, 5.74) is 1.06. The summed E-state index contributed by atoms with van der Waals surface area (Å²) in [7, 11) is 1.90. The molecule has 0 saturated carbocycles. The number of amides is 1. The fourth-order valence-corrected chi connectivity index (χ4v) is 2.90. The van der Waals surface area contributed by atoms with E-state index in [2.05, 4.69) is 4.99 Å². The number of benzene rings is 1. The van der Waals surface area contributed by atoms with Crippen molar-refractivity contribution in [3.63, 3.8) is 0 Å². The number of para-hydroxylation sites is 1. The van der Waals surface area contributed by atoms with Crippen LogP contribution in [0, 0.1) is 6.92 Å². The van der Waals surface area contributed by atoms with Crippen molar-refractivity contribution in [2.45, 2.75) is 6.92 Å². The Balaban J connectivity index is 2.11. The van der Waals surface area contributed by atoms with Gasteiger partial charge in [0.25, 0.3) is 0 Å². The second-order valence-electron chi connectivity index (χ2n) is 4.24. The summed E-state index contributed by atoms with van der Waals surface area (Å²) in [6, 6.07) is 11.4. The summed E-state index contributed by atoms with van der Waals surface area (Å²) < 4.78 is 8.30. The van der Waals surface area contributed by atoms with Gasteiger partial charge in [-0.25, -0.2) is 0 Å². The molecule has 3 rings (SSSR count). The summed E-state index contributed by atoms with van der Waals surface area (Å²) in [6.45, 7) is 1.80. The number of hydrogen-bond acceptors (Lipinski definition) is 3. The van der Waals surface area contributed by atoms with Gasteiger partial charge < -0.3 is 8.98 Å². The lowest BCUT2D eigenvalue weighted by Gasteiger charge is -1.93. The first-order valence-corrected chi connectivity index (χ1v) is 6.67. The Morgan fingerprint density at radius 3 is 2.74 bits per heavy atom. The third-order valence-corrected chi connectivity index (χ3v) is 3.98. The maximum atomic E-state index is 12.0. The van der Waals surface area contributed by atoms with E-state index in [9.17, 15) is 4.79 Å². The number of hydrogen-bond donors (Lipinski definition) is 0. The van der Waals surface area contributed by atoms with Crippen LogP contribution in [0.5, 0.6) is 0 Å². The van der Waals surface area contributed by atoms with Crippen LogP contribution in [0.15, 0.2) is 45.8 Å². The van der Waals surface area contributed by atoms with Crippen LogP contribution in [0.1, 0.15) is 16.3 Å². The van der Waals surface area contributed by atoms with Crippen LogP contribution in [-0.4, -0.2) is 10.5 Å².